The molecule has 1 aromatic carbocycles. The van der Waals surface area contributed by atoms with Crippen molar-refractivity contribution in [2.24, 2.45) is 0 Å². The molecule has 0 saturated heterocycles. The van der Waals surface area contributed by atoms with Gasteiger partial charge >= 0.3 is 5.97 Å². The molecule has 2 N–H and O–H groups in total. The van der Waals surface area contributed by atoms with Gasteiger partial charge < -0.3 is 10.4 Å². The summed E-state index contributed by atoms with van der Waals surface area (Å²) in [5, 5.41) is 11.3. The third-order valence-corrected chi connectivity index (χ3v) is 3.80. The van der Waals surface area contributed by atoms with E-state index in [4.69, 9.17) is 5.11 Å². The van der Waals surface area contributed by atoms with Crippen LogP contribution in [0.3, 0.4) is 0 Å². The number of aromatic carboxylic acids is 1. The lowest BCUT2D eigenvalue weighted by Gasteiger charge is -2.03. The van der Waals surface area contributed by atoms with Crippen molar-refractivity contribution in [2.75, 3.05) is 12.8 Å². The van der Waals surface area contributed by atoms with E-state index >= 15 is 0 Å². The van der Waals surface area contributed by atoms with Crippen molar-refractivity contribution in [3.8, 4) is 0 Å². The van der Waals surface area contributed by atoms with Crippen molar-refractivity contribution in [2.45, 2.75) is 17.7 Å². The number of hydrogen-bond donors (Lipinski definition) is 2. The SMILES string of the molecule is CNC(=O)CCCS(=O)c1cccc(C(=O)O)c1. The molecule has 0 aliphatic heterocycles. The Kier molecular flexibility index (Phi) is 5.51. The molecule has 0 aliphatic rings. The molecule has 1 atom stereocenters. The van der Waals surface area contributed by atoms with Crippen LogP contribution in [0.15, 0.2) is 29.2 Å². The number of benzene rings is 1. The van der Waals surface area contributed by atoms with Crippen molar-refractivity contribution in [3.63, 3.8) is 0 Å². The van der Waals surface area contributed by atoms with Gasteiger partial charge in [0.05, 0.1) is 16.4 Å². The topological polar surface area (TPSA) is 83.5 Å². The molecule has 0 saturated carbocycles. The highest BCUT2D eigenvalue weighted by Crippen LogP contribution is 2.11. The first-order valence-corrected chi connectivity index (χ1v) is 6.79. The molecule has 1 unspecified atom stereocenters. The predicted octanol–water partition coefficient (Wildman–Crippen LogP) is 1.02. The number of carbonyl (C=O) groups is 2. The minimum Gasteiger partial charge on any atom is -0.478 e. The third-order valence-electron chi connectivity index (χ3n) is 2.36. The third kappa shape index (κ3) is 4.29. The zero-order valence-corrected chi connectivity index (χ0v) is 10.8. The van der Waals surface area contributed by atoms with E-state index in [2.05, 4.69) is 5.32 Å². The van der Waals surface area contributed by atoms with Crippen LogP contribution in [-0.4, -0.2) is 34.0 Å². The van der Waals surface area contributed by atoms with Gasteiger partial charge in [-0.1, -0.05) is 6.07 Å². The monoisotopic (exact) mass is 269 g/mol. The lowest BCUT2D eigenvalue weighted by atomic mass is 10.2. The molecule has 0 bridgehead atoms. The van der Waals surface area contributed by atoms with E-state index in [1.54, 1.807) is 19.2 Å². The average molecular weight is 269 g/mol. The molecule has 1 amide bonds. The summed E-state index contributed by atoms with van der Waals surface area (Å²) in [7, 11) is 0.279. The van der Waals surface area contributed by atoms with Gasteiger partial charge in [0, 0.05) is 24.1 Å². The van der Waals surface area contributed by atoms with Crippen LogP contribution in [0.4, 0.5) is 0 Å². The van der Waals surface area contributed by atoms with Gasteiger partial charge in [0.15, 0.2) is 0 Å². The maximum atomic E-state index is 11.9. The fourth-order valence-electron chi connectivity index (χ4n) is 1.38. The van der Waals surface area contributed by atoms with Crippen molar-refractivity contribution in [1.29, 1.82) is 0 Å². The second-order valence-corrected chi connectivity index (χ2v) is 5.23. The first-order valence-electron chi connectivity index (χ1n) is 5.47. The summed E-state index contributed by atoms with van der Waals surface area (Å²) in [4.78, 5) is 22.2. The van der Waals surface area contributed by atoms with Gasteiger partial charge in [-0.15, -0.1) is 0 Å². The summed E-state index contributed by atoms with van der Waals surface area (Å²) >= 11 is 0. The van der Waals surface area contributed by atoms with Gasteiger partial charge in [-0.2, -0.15) is 0 Å². The van der Waals surface area contributed by atoms with E-state index in [1.807, 2.05) is 0 Å². The molecule has 0 radical (unpaired) electrons. The summed E-state index contributed by atoms with van der Waals surface area (Å²) in [5.74, 6) is -0.790. The minimum absolute atomic E-state index is 0.0914. The molecule has 98 valence electrons. The quantitative estimate of drug-likeness (QED) is 0.807. The Hall–Kier alpha value is -1.69. The number of hydrogen-bond acceptors (Lipinski definition) is 3. The highest BCUT2D eigenvalue weighted by Gasteiger charge is 2.08. The summed E-state index contributed by atoms with van der Waals surface area (Å²) in [6.07, 6.45) is 0.824. The van der Waals surface area contributed by atoms with E-state index in [0.29, 0.717) is 23.5 Å². The fraction of sp³-hybridized carbons (Fsp3) is 0.333. The van der Waals surface area contributed by atoms with Crippen LogP contribution in [0, 0.1) is 0 Å². The molecule has 6 heteroatoms. The van der Waals surface area contributed by atoms with Gasteiger partial charge in [0.25, 0.3) is 0 Å². The Morgan fingerprint density at radius 2 is 2.11 bits per heavy atom. The lowest BCUT2D eigenvalue weighted by Crippen LogP contribution is -2.17. The summed E-state index contributed by atoms with van der Waals surface area (Å²) in [5.41, 5.74) is 0.118. The molecule has 0 aliphatic carbocycles. The Labute approximate surface area is 108 Å². The largest absolute Gasteiger partial charge is 0.478 e. The average Bonchev–Trinajstić information content (AvgIpc) is 2.38. The first kappa shape index (κ1) is 14.4. The molecule has 5 nitrogen and oxygen atoms in total. The van der Waals surface area contributed by atoms with Crippen LogP contribution < -0.4 is 5.32 Å². The number of amides is 1. The van der Waals surface area contributed by atoms with Crippen LogP contribution in [0.5, 0.6) is 0 Å². The van der Waals surface area contributed by atoms with Gasteiger partial charge in [-0.3, -0.25) is 9.00 Å². The van der Waals surface area contributed by atoms with Gasteiger partial charge in [-0.25, -0.2) is 4.79 Å². The second kappa shape index (κ2) is 6.90. The zero-order chi connectivity index (χ0) is 13.5. The van der Waals surface area contributed by atoms with Crippen LogP contribution in [0.25, 0.3) is 0 Å². The Bertz CT molecular complexity index is 473. The molecule has 0 aromatic heterocycles. The fourth-order valence-corrected chi connectivity index (χ4v) is 2.51. The molecular weight excluding hydrogens is 254 g/mol. The van der Waals surface area contributed by atoms with Crippen molar-refractivity contribution >= 4 is 22.7 Å². The molecule has 1 rings (SSSR count). The Morgan fingerprint density at radius 1 is 1.39 bits per heavy atom. The van der Waals surface area contributed by atoms with Crippen LogP contribution >= 0.6 is 0 Å². The highest BCUT2D eigenvalue weighted by atomic mass is 32.2. The Balaban J connectivity index is 2.59. The van der Waals surface area contributed by atoms with Crippen LogP contribution in [0.1, 0.15) is 23.2 Å². The first-order chi connectivity index (χ1) is 8.54. The van der Waals surface area contributed by atoms with Gasteiger partial charge in [-0.05, 0) is 24.6 Å². The lowest BCUT2D eigenvalue weighted by molar-refractivity contribution is -0.120. The molecule has 0 spiro atoms. The number of carboxylic acid groups (broad SMARTS) is 1. The van der Waals surface area contributed by atoms with Crippen LogP contribution in [-0.2, 0) is 15.6 Å². The smallest absolute Gasteiger partial charge is 0.335 e. The second-order valence-electron chi connectivity index (χ2n) is 3.66. The number of rotatable bonds is 6. The van der Waals surface area contributed by atoms with Gasteiger partial charge in [0.1, 0.15) is 0 Å². The summed E-state index contributed by atoms with van der Waals surface area (Å²) in [6.45, 7) is 0. The molecule has 0 heterocycles. The van der Waals surface area contributed by atoms with E-state index in [1.165, 1.54) is 12.1 Å². The summed E-state index contributed by atoms with van der Waals surface area (Å²) < 4.78 is 11.9. The molecule has 18 heavy (non-hydrogen) atoms. The number of nitrogens with one attached hydrogen (secondary N) is 1. The van der Waals surface area contributed by atoms with E-state index < -0.39 is 16.8 Å². The van der Waals surface area contributed by atoms with E-state index in [0.717, 1.165) is 0 Å². The normalized spacial score (nSPS) is 11.8. The maximum Gasteiger partial charge on any atom is 0.335 e. The predicted molar refractivity (Wildman–Crippen MR) is 68.0 cm³/mol. The van der Waals surface area contributed by atoms with Crippen molar-refractivity contribution in [3.05, 3.63) is 29.8 Å². The molecule has 1 aromatic rings. The summed E-state index contributed by atoms with van der Waals surface area (Å²) in [6, 6.07) is 6.05. The van der Waals surface area contributed by atoms with Gasteiger partial charge in [0.2, 0.25) is 5.91 Å². The van der Waals surface area contributed by atoms with E-state index in [9.17, 15) is 13.8 Å². The van der Waals surface area contributed by atoms with Crippen LogP contribution in [0.2, 0.25) is 0 Å². The van der Waals surface area contributed by atoms with E-state index in [-0.39, 0.29) is 11.5 Å². The standard InChI is InChI=1S/C12H15NO4S/c1-13-11(14)6-3-7-18(17)10-5-2-4-9(8-10)12(15)16/h2,4-5,8H,3,6-7H2,1H3,(H,13,14)(H,15,16). The zero-order valence-electron chi connectivity index (χ0n) is 10.0. The Morgan fingerprint density at radius 3 is 2.72 bits per heavy atom. The number of carboxylic acids is 1. The minimum atomic E-state index is -1.27. The number of carbonyl (C=O) groups excluding carboxylic acids is 1. The highest BCUT2D eigenvalue weighted by molar-refractivity contribution is 7.85. The molecule has 0 fully saturated rings. The molecular formula is C12H15NO4S. The maximum absolute atomic E-state index is 11.9. The van der Waals surface area contributed by atoms with Crippen molar-refractivity contribution in [1.82, 2.24) is 5.32 Å². The van der Waals surface area contributed by atoms with Crippen molar-refractivity contribution < 1.29 is 18.9 Å².